The number of halogens is 1. The summed E-state index contributed by atoms with van der Waals surface area (Å²) in [6.45, 7) is 2.79. The molecule has 2 aliphatic rings. The SMILES string of the molecule is C[C@@H](Cc1ccc2c(c1)CCO2)NC(=O)C1(c2ccc(F)cc2)CC1. The van der Waals surface area contributed by atoms with Crippen molar-refractivity contribution in [3.05, 3.63) is 65.0 Å². The van der Waals surface area contributed by atoms with Crippen LogP contribution in [0.3, 0.4) is 0 Å². The molecule has 1 amide bonds. The van der Waals surface area contributed by atoms with Crippen molar-refractivity contribution >= 4 is 5.91 Å². The fourth-order valence-electron chi connectivity index (χ4n) is 3.67. The molecular formula is C21H22FNO2. The van der Waals surface area contributed by atoms with Gasteiger partial charge in [0.25, 0.3) is 0 Å². The lowest BCUT2D eigenvalue weighted by Gasteiger charge is -2.20. The first-order valence-electron chi connectivity index (χ1n) is 8.88. The van der Waals surface area contributed by atoms with Crippen LogP contribution >= 0.6 is 0 Å². The standard InChI is InChI=1S/C21H22FNO2/c1-14(12-15-2-7-19-16(13-15)8-11-25-19)23-20(24)21(9-10-21)17-3-5-18(22)6-4-17/h2-7,13-14H,8-12H2,1H3,(H,23,24)/t14-/m0/s1. The maximum absolute atomic E-state index is 13.1. The van der Waals surface area contributed by atoms with Crippen molar-refractivity contribution in [1.29, 1.82) is 0 Å². The van der Waals surface area contributed by atoms with Crippen LogP contribution in [-0.2, 0) is 23.1 Å². The Balaban J connectivity index is 1.41. The summed E-state index contributed by atoms with van der Waals surface area (Å²) in [5, 5.41) is 3.15. The smallest absolute Gasteiger partial charge is 0.230 e. The zero-order chi connectivity index (χ0) is 17.4. The third kappa shape index (κ3) is 3.13. The average Bonchev–Trinajstić information content (AvgIpc) is 3.27. The zero-order valence-electron chi connectivity index (χ0n) is 14.3. The van der Waals surface area contributed by atoms with Gasteiger partial charge in [0, 0.05) is 12.5 Å². The molecule has 0 spiro atoms. The molecular weight excluding hydrogens is 317 g/mol. The summed E-state index contributed by atoms with van der Waals surface area (Å²) in [6.07, 6.45) is 3.40. The highest BCUT2D eigenvalue weighted by Gasteiger charge is 2.51. The van der Waals surface area contributed by atoms with Gasteiger partial charge in [0.2, 0.25) is 5.91 Å². The van der Waals surface area contributed by atoms with Crippen LogP contribution in [0.25, 0.3) is 0 Å². The Hall–Kier alpha value is -2.36. The van der Waals surface area contributed by atoms with E-state index in [0.29, 0.717) is 0 Å². The molecule has 2 aromatic carbocycles. The Labute approximate surface area is 147 Å². The number of nitrogens with one attached hydrogen (secondary N) is 1. The maximum atomic E-state index is 13.1. The molecule has 1 aliphatic carbocycles. The lowest BCUT2D eigenvalue weighted by atomic mass is 9.94. The second kappa shape index (κ2) is 6.17. The molecule has 4 heteroatoms. The number of hydrogen-bond donors (Lipinski definition) is 1. The molecule has 2 aromatic rings. The van der Waals surface area contributed by atoms with E-state index in [1.807, 2.05) is 13.0 Å². The van der Waals surface area contributed by atoms with E-state index in [1.54, 1.807) is 12.1 Å². The second-order valence-electron chi connectivity index (χ2n) is 7.21. The number of rotatable bonds is 5. The fraction of sp³-hybridized carbons (Fsp3) is 0.381. The highest BCUT2D eigenvalue weighted by molar-refractivity contribution is 5.91. The molecule has 25 heavy (non-hydrogen) atoms. The lowest BCUT2D eigenvalue weighted by Crippen LogP contribution is -2.41. The average molecular weight is 339 g/mol. The van der Waals surface area contributed by atoms with Crippen LogP contribution in [0.15, 0.2) is 42.5 Å². The minimum atomic E-state index is -0.465. The molecule has 1 atom stereocenters. The molecule has 0 radical (unpaired) electrons. The summed E-state index contributed by atoms with van der Waals surface area (Å²) >= 11 is 0. The van der Waals surface area contributed by atoms with E-state index < -0.39 is 5.41 Å². The molecule has 1 aliphatic heterocycles. The summed E-state index contributed by atoms with van der Waals surface area (Å²) in [5.41, 5.74) is 2.91. The van der Waals surface area contributed by atoms with Gasteiger partial charge in [-0.1, -0.05) is 24.3 Å². The molecule has 4 rings (SSSR count). The van der Waals surface area contributed by atoms with Crippen molar-refractivity contribution in [2.75, 3.05) is 6.61 Å². The van der Waals surface area contributed by atoms with Gasteiger partial charge in [-0.25, -0.2) is 4.39 Å². The zero-order valence-corrected chi connectivity index (χ0v) is 14.3. The lowest BCUT2D eigenvalue weighted by molar-refractivity contribution is -0.124. The molecule has 0 bridgehead atoms. The van der Waals surface area contributed by atoms with Crippen LogP contribution in [0, 0.1) is 5.82 Å². The first-order chi connectivity index (χ1) is 12.1. The summed E-state index contributed by atoms with van der Waals surface area (Å²) in [4.78, 5) is 12.8. The predicted molar refractivity (Wildman–Crippen MR) is 94.3 cm³/mol. The second-order valence-corrected chi connectivity index (χ2v) is 7.21. The van der Waals surface area contributed by atoms with Gasteiger partial charge in [-0.15, -0.1) is 0 Å². The van der Waals surface area contributed by atoms with Gasteiger partial charge < -0.3 is 10.1 Å². The minimum Gasteiger partial charge on any atom is -0.493 e. The van der Waals surface area contributed by atoms with Crippen molar-refractivity contribution in [3.8, 4) is 5.75 Å². The van der Waals surface area contributed by atoms with E-state index in [1.165, 1.54) is 23.3 Å². The number of hydrogen-bond acceptors (Lipinski definition) is 2. The third-order valence-electron chi connectivity index (χ3n) is 5.25. The number of fused-ring (bicyclic) bond motifs is 1. The molecule has 0 saturated heterocycles. The van der Waals surface area contributed by atoms with Crippen molar-refractivity contribution in [3.63, 3.8) is 0 Å². The summed E-state index contributed by atoms with van der Waals surface area (Å²) in [7, 11) is 0. The van der Waals surface area contributed by atoms with Gasteiger partial charge in [0.05, 0.1) is 12.0 Å². The number of benzene rings is 2. The van der Waals surface area contributed by atoms with Crippen molar-refractivity contribution in [1.82, 2.24) is 5.32 Å². The highest BCUT2D eigenvalue weighted by atomic mass is 19.1. The normalized spacial score (nSPS) is 18.2. The maximum Gasteiger partial charge on any atom is 0.230 e. The van der Waals surface area contributed by atoms with Gasteiger partial charge in [-0.3, -0.25) is 4.79 Å². The third-order valence-corrected chi connectivity index (χ3v) is 5.25. The molecule has 0 unspecified atom stereocenters. The monoisotopic (exact) mass is 339 g/mol. The Morgan fingerprint density at radius 1 is 1.24 bits per heavy atom. The van der Waals surface area contributed by atoms with Gasteiger partial charge in [0.1, 0.15) is 11.6 Å². The van der Waals surface area contributed by atoms with Gasteiger partial charge in [0.15, 0.2) is 0 Å². The molecule has 1 saturated carbocycles. The summed E-state index contributed by atoms with van der Waals surface area (Å²) in [5.74, 6) is 0.763. The van der Waals surface area contributed by atoms with Gasteiger partial charge in [-0.2, -0.15) is 0 Å². The molecule has 0 aromatic heterocycles. The van der Waals surface area contributed by atoms with E-state index >= 15 is 0 Å². The molecule has 1 N–H and O–H groups in total. The van der Waals surface area contributed by atoms with E-state index in [9.17, 15) is 9.18 Å². The van der Waals surface area contributed by atoms with E-state index in [-0.39, 0.29) is 17.8 Å². The van der Waals surface area contributed by atoms with Crippen LogP contribution < -0.4 is 10.1 Å². The van der Waals surface area contributed by atoms with Crippen LogP contribution in [0.2, 0.25) is 0 Å². The van der Waals surface area contributed by atoms with Gasteiger partial charge >= 0.3 is 0 Å². The molecule has 130 valence electrons. The van der Waals surface area contributed by atoms with E-state index in [0.717, 1.165) is 43.6 Å². The van der Waals surface area contributed by atoms with Crippen LogP contribution in [0.5, 0.6) is 5.75 Å². The Bertz CT molecular complexity index is 796. The quantitative estimate of drug-likeness (QED) is 0.905. The summed E-state index contributed by atoms with van der Waals surface area (Å²) in [6, 6.07) is 12.6. The Kier molecular flexibility index (Phi) is 3.98. The number of amides is 1. The first kappa shape index (κ1) is 16.1. The molecule has 1 heterocycles. The largest absolute Gasteiger partial charge is 0.493 e. The Morgan fingerprint density at radius 3 is 2.72 bits per heavy atom. The summed E-state index contributed by atoms with van der Waals surface area (Å²) < 4.78 is 18.7. The minimum absolute atomic E-state index is 0.0470. The van der Waals surface area contributed by atoms with Crippen LogP contribution in [0.4, 0.5) is 4.39 Å². The van der Waals surface area contributed by atoms with Gasteiger partial charge in [-0.05, 0) is 61.1 Å². The van der Waals surface area contributed by atoms with E-state index in [4.69, 9.17) is 4.74 Å². The topological polar surface area (TPSA) is 38.3 Å². The number of ether oxygens (including phenoxy) is 1. The van der Waals surface area contributed by atoms with Crippen LogP contribution in [-0.4, -0.2) is 18.6 Å². The molecule has 3 nitrogen and oxygen atoms in total. The van der Waals surface area contributed by atoms with Crippen molar-refractivity contribution in [2.45, 2.75) is 44.1 Å². The van der Waals surface area contributed by atoms with Crippen molar-refractivity contribution in [2.24, 2.45) is 0 Å². The number of carbonyl (C=O) groups excluding carboxylic acids is 1. The molecule has 1 fully saturated rings. The fourth-order valence-corrected chi connectivity index (χ4v) is 3.67. The predicted octanol–water partition coefficient (Wildman–Crippen LogP) is 3.54. The number of carbonyl (C=O) groups is 1. The van der Waals surface area contributed by atoms with Crippen LogP contribution in [0.1, 0.15) is 36.5 Å². The Morgan fingerprint density at radius 2 is 2.00 bits per heavy atom. The van der Waals surface area contributed by atoms with Crippen molar-refractivity contribution < 1.29 is 13.9 Å². The van der Waals surface area contributed by atoms with E-state index in [2.05, 4.69) is 17.4 Å². The first-order valence-corrected chi connectivity index (χ1v) is 8.88. The highest BCUT2D eigenvalue weighted by Crippen LogP contribution is 2.48.